The molecular formula is C16H24NO7P. The predicted molar refractivity (Wildman–Crippen MR) is 93.1 cm³/mol. The van der Waals surface area contributed by atoms with E-state index < -0.39 is 25.3 Å². The second-order valence-electron chi connectivity index (χ2n) is 6.04. The Morgan fingerprint density at radius 1 is 1.08 bits per heavy atom. The lowest BCUT2D eigenvalue weighted by Gasteiger charge is -2.19. The van der Waals surface area contributed by atoms with E-state index in [1.165, 1.54) is 26.4 Å². The van der Waals surface area contributed by atoms with Crippen LogP contribution in [0.15, 0.2) is 24.3 Å². The highest BCUT2D eigenvalue weighted by molar-refractivity contribution is 7.53. The maximum atomic E-state index is 11.9. The van der Waals surface area contributed by atoms with Crippen LogP contribution in [0.25, 0.3) is 0 Å². The van der Waals surface area contributed by atoms with Gasteiger partial charge in [0.1, 0.15) is 12.2 Å². The average molecular weight is 373 g/mol. The fourth-order valence-corrected chi connectivity index (χ4v) is 2.52. The third-order valence-corrected chi connectivity index (χ3v) is 4.76. The van der Waals surface area contributed by atoms with Crippen LogP contribution in [0, 0.1) is 0 Å². The van der Waals surface area contributed by atoms with Gasteiger partial charge in [0.15, 0.2) is 0 Å². The zero-order valence-electron chi connectivity index (χ0n) is 15.0. The number of carbonyl (C=O) groups excluding carboxylic acids is 2. The van der Waals surface area contributed by atoms with Crippen molar-refractivity contribution in [3.05, 3.63) is 29.8 Å². The third kappa shape index (κ3) is 7.69. The first kappa shape index (κ1) is 21.2. The first-order chi connectivity index (χ1) is 11.6. The number of anilines is 1. The molecule has 0 heterocycles. The molecule has 9 heteroatoms. The van der Waals surface area contributed by atoms with Crippen LogP contribution < -0.4 is 5.32 Å². The van der Waals surface area contributed by atoms with Gasteiger partial charge in [-0.25, -0.2) is 9.59 Å². The van der Waals surface area contributed by atoms with E-state index in [1.807, 2.05) is 0 Å². The van der Waals surface area contributed by atoms with Gasteiger partial charge in [0, 0.05) is 19.9 Å². The quantitative estimate of drug-likeness (QED) is 0.575. The van der Waals surface area contributed by atoms with Crippen LogP contribution >= 0.6 is 7.60 Å². The molecule has 1 N–H and O–H groups in total. The topological polar surface area (TPSA) is 100 Å². The fraction of sp³-hybridized carbons (Fsp3) is 0.500. The molecule has 0 saturated carbocycles. The van der Waals surface area contributed by atoms with Crippen molar-refractivity contribution in [2.45, 2.75) is 26.4 Å². The largest absolute Gasteiger partial charge is 0.456 e. The third-order valence-electron chi connectivity index (χ3n) is 2.92. The number of hydrogen-bond donors (Lipinski definition) is 1. The molecule has 0 aliphatic heterocycles. The summed E-state index contributed by atoms with van der Waals surface area (Å²) in [5, 5.41) is 2.49. The molecule has 0 unspecified atom stereocenters. The van der Waals surface area contributed by atoms with Crippen molar-refractivity contribution in [1.82, 2.24) is 0 Å². The standard InChI is InChI=1S/C16H24NO7P/c1-16(2,3)24-14(18)12-6-8-13(9-7-12)17-15(19)23-10-11-25(20,21-4)22-5/h6-9H,10-11H2,1-5H3,(H,17,19). The van der Waals surface area contributed by atoms with E-state index in [1.54, 1.807) is 32.9 Å². The molecule has 1 amide bonds. The summed E-state index contributed by atoms with van der Waals surface area (Å²) in [5.74, 6) is -0.448. The van der Waals surface area contributed by atoms with Crippen LogP contribution in [0.4, 0.5) is 10.5 Å². The number of hydrogen-bond acceptors (Lipinski definition) is 7. The van der Waals surface area contributed by atoms with Crippen molar-refractivity contribution in [3.8, 4) is 0 Å². The summed E-state index contributed by atoms with van der Waals surface area (Å²) in [5.41, 5.74) is 0.232. The van der Waals surface area contributed by atoms with Gasteiger partial charge in [0.2, 0.25) is 0 Å². The van der Waals surface area contributed by atoms with E-state index in [-0.39, 0.29) is 12.8 Å². The minimum atomic E-state index is -3.21. The van der Waals surface area contributed by atoms with E-state index >= 15 is 0 Å². The molecule has 0 bridgehead atoms. The number of carbonyl (C=O) groups is 2. The van der Waals surface area contributed by atoms with Gasteiger partial charge in [-0.2, -0.15) is 0 Å². The second kappa shape index (κ2) is 8.99. The molecule has 0 spiro atoms. The summed E-state index contributed by atoms with van der Waals surface area (Å²) in [7, 11) is -0.690. The molecule has 25 heavy (non-hydrogen) atoms. The van der Waals surface area contributed by atoms with Crippen LogP contribution in [-0.4, -0.2) is 44.7 Å². The van der Waals surface area contributed by atoms with Gasteiger partial charge in [-0.15, -0.1) is 0 Å². The number of ether oxygens (including phenoxy) is 2. The summed E-state index contributed by atoms with van der Waals surface area (Å²) in [6.07, 6.45) is -0.769. The molecular weight excluding hydrogens is 349 g/mol. The number of esters is 1. The van der Waals surface area contributed by atoms with Crippen LogP contribution in [-0.2, 0) is 23.1 Å². The Hall–Kier alpha value is -1.89. The van der Waals surface area contributed by atoms with Gasteiger partial charge in [-0.1, -0.05) is 0 Å². The first-order valence-electron chi connectivity index (χ1n) is 7.56. The Bertz CT molecular complexity index is 629. The molecule has 0 radical (unpaired) electrons. The van der Waals surface area contributed by atoms with Gasteiger partial charge in [0.25, 0.3) is 0 Å². The molecule has 140 valence electrons. The molecule has 1 rings (SSSR count). The maximum Gasteiger partial charge on any atom is 0.411 e. The van der Waals surface area contributed by atoms with Crippen molar-refractivity contribution >= 4 is 25.3 Å². The molecule has 1 aromatic rings. The van der Waals surface area contributed by atoms with Crippen LogP contribution in [0.2, 0.25) is 0 Å². The molecule has 0 aliphatic rings. The van der Waals surface area contributed by atoms with E-state index in [2.05, 4.69) is 5.32 Å². The van der Waals surface area contributed by atoms with E-state index in [0.29, 0.717) is 11.3 Å². The molecule has 0 aromatic heterocycles. The minimum Gasteiger partial charge on any atom is -0.456 e. The summed E-state index contributed by atoms with van der Waals surface area (Å²) < 4.78 is 31.4. The van der Waals surface area contributed by atoms with E-state index in [0.717, 1.165) is 0 Å². The number of benzene rings is 1. The SMILES string of the molecule is COP(=O)(CCOC(=O)Nc1ccc(C(=O)OC(C)(C)C)cc1)OC. The van der Waals surface area contributed by atoms with Crippen LogP contribution in [0.1, 0.15) is 31.1 Å². The molecule has 8 nitrogen and oxygen atoms in total. The number of amides is 1. The van der Waals surface area contributed by atoms with Crippen LogP contribution in [0.3, 0.4) is 0 Å². The van der Waals surface area contributed by atoms with Gasteiger partial charge < -0.3 is 18.5 Å². The second-order valence-corrected chi connectivity index (χ2v) is 8.44. The van der Waals surface area contributed by atoms with Gasteiger partial charge in [-0.3, -0.25) is 9.88 Å². The molecule has 0 fully saturated rings. The smallest absolute Gasteiger partial charge is 0.411 e. The Kier molecular flexibility index (Phi) is 7.60. The molecule has 1 aromatic carbocycles. The monoisotopic (exact) mass is 373 g/mol. The fourth-order valence-electron chi connectivity index (χ4n) is 1.69. The molecule has 0 aliphatic carbocycles. The highest BCUT2D eigenvalue weighted by Crippen LogP contribution is 2.45. The minimum absolute atomic E-state index is 0.0506. The zero-order chi connectivity index (χ0) is 19.1. The lowest BCUT2D eigenvalue weighted by atomic mass is 10.1. The van der Waals surface area contributed by atoms with Crippen molar-refractivity contribution in [3.63, 3.8) is 0 Å². The van der Waals surface area contributed by atoms with Crippen molar-refractivity contribution in [1.29, 1.82) is 0 Å². The Labute approximate surface area is 147 Å². The average Bonchev–Trinajstić information content (AvgIpc) is 2.53. The number of rotatable bonds is 7. The highest BCUT2D eigenvalue weighted by atomic mass is 31.2. The summed E-state index contributed by atoms with van der Waals surface area (Å²) >= 11 is 0. The summed E-state index contributed by atoms with van der Waals surface area (Å²) in [6, 6.07) is 6.17. The number of nitrogens with one attached hydrogen (secondary N) is 1. The Balaban J connectivity index is 2.51. The Morgan fingerprint density at radius 3 is 2.12 bits per heavy atom. The molecule has 0 atom stereocenters. The van der Waals surface area contributed by atoms with Crippen LogP contribution in [0.5, 0.6) is 0 Å². The highest BCUT2D eigenvalue weighted by Gasteiger charge is 2.21. The lowest BCUT2D eigenvalue weighted by Crippen LogP contribution is -2.23. The first-order valence-corrected chi connectivity index (χ1v) is 9.29. The van der Waals surface area contributed by atoms with Gasteiger partial charge >= 0.3 is 19.7 Å². The van der Waals surface area contributed by atoms with Crippen molar-refractivity contribution in [2.24, 2.45) is 0 Å². The maximum absolute atomic E-state index is 11.9. The molecule has 0 saturated heterocycles. The van der Waals surface area contributed by atoms with Gasteiger partial charge in [0.05, 0.1) is 11.7 Å². The summed E-state index contributed by atoms with van der Waals surface area (Å²) in [4.78, 5) is 23.6. The van der Waals surface area contributed by atoms with E-state index in [4.69, 9.17) is 18.5 Å². The summed E-state index contributed by atoms with van der Waals surface area (Å²) in [6.45, 7) is 5.22. The lowest BCUT2D eigenvalue weighted by molar-refractivity contribution is 0.00695. The predicted octanol–water partition coefficient (Wildman–Crippen LogP) is 3.68. The van der Waals surface area contributed by atoms with E-state index in [9.17, 15) is 14.2 Å². The normalized spacial score (nSPS) is 11.7. The Morgan fingerprint density at radius 2 is 1.64 bits per heavy atom. The van der Waals surface area contributed by atoms with Crippen molar-refractivity contribution in [2.75, 3.05) is 32.3 Å². The van der Waals surface area contributed by atoms with Gasteiger partial charge in [-0.05, 0) is 45.0 Å². The van der Waals surface area contributed by atoms with Crippen molar-refractivity contribution < 1.29 is 32.7 Å². The zero-order valence-corrected chi connectivity index (χ0v) is 15.9.